The molecule has 148 valence electrons. The van der Waals surface area contributed by atoms with Gasteiger partial charge in [-0.05, 0) is 30.3 Å². The molecule has 0 aliphatic rings. The van der Waals surface area contributed by atoms with Crippen LogP contribution in [0.1, 0.15) is 5.56 Å². The van der Waals surface area contributed by atoms with Crippen molar-refractivity contribution in [2.45, 2.75) is 0 Å². The summed E-state index contributed by atoms with van der Waals surface area (Å²) in [5, 5.41) is 22.7. The number of carbonyl (C=O) groups is 2. The number of hydrogen-bond acceptors (Lipinski definition) is 7. The van der Waals surface area contributed by atoms with Crippen molar-refractivity contribution in [1.29, 1.82) is 5.26 Å². The van der Waals surface area contributed by atoms with E-state index in [9.17, 15) is 25.0 Å². The standard InChI is InChI=1S/C19H14BrN3O6/c1-28-18(24)11-29-17-6-5-14(20)8-12(17)7-13(10-21)19(25)22-15-3-2-4-16(9-15)23(26)27/h2-9H,11H2,1H3,(H,22,25)/b13-7+. The van der Waals surface area contributed by atoms with Crippen LogP contribution in [-0.4, -0.2) is 30.5 Å². The Kier molecular flexibility index (Phi) is 7.45. The normalized spacial score (nSPS) is 10.6. The van der Waals surface area contributed by atoms with Gasteiger partial charge in [-0.25, -0.2) is 4.79 Å². The second-order valence-corrected chi connectivity index (χ2v) is 6.39. The van der Waals surface area contributed by atoms with E-state index >= 15 is 0 Å². The molecule has 0 aliphatic carbocycles. The number of benzene rings is 2. The second kappa shape index (κ2) is 10.0. The molecule has 0 bridgehead atoms. The number of nitrogens with zero attached hydrogens (tertiary/aromatic N) is 2. The first-order valence-corrected chi connectivity index (χ1v) is 8.80. The Morgan fingerprint density at radius 3 is 2.72 bits per heavy atom. The Hall–Kier alpha value is -3.71. The number of halogens is 1. The molecule has 0 heterocycles. The van der Waals surface area contributed by atoms with Gasteiger partial charge in [0.2, 0.25) is 0 Å². The van der Waals surface area contributed by atoms with E-state index in [1.807, 2.05) is 0 Å². The zero-order chi connectivity index (χ0) is 21.4. The van der Waals surface area contributed by atoms with Gasteiger partial charge in [-0.15, -0.1) is 0 Å². The number of non-ortho nitro benzene ring substituents is 1. The van der Waals surface area contributed by atoms with E-state index in [0.29, 0.717) is 10.0 Å². The molecular weight excluding hydrogens is 446 g/mol. The van der Waals surface area contributed by atoms with Crippen molar-refractivity contribution in [1.82, 2.24) is 0 Å². The molecule has 0 aliphatic heterocycles. The number of nitrogens with one attached hydrogen (secondary N) is 1. The van der Waals surface area contributed by atoms with Gasteiger partial charge >= 0.3 is 5.97 Å². The van der Waals surface area contributed by atoms with Crippen molar-refractivity contribution in [3.8, 4) is 11.8 Å². The van der Waals surface area contributed by atoms with Crippen LogP contribution in [0.3, 0.4) is 0 Å². The Balaban J connectivity index is 2.29. The largest absolute Gasteiger partial charge is 0.481 e. The summed E-state index contributed by atoms with van der Waals surface area (Å²) in [6.45, 7) is -0.346. The number of methoxy groups -OCH3 is 1. The fourth-order valence-electron chi connectivity index (χ4n) is 2.16. The van der Waals surface area contributed by atoms with Crippen LogP contribution in [0.25, 0.3) is 6.08 Å². The predicted octanol–water partition coefficient (Wildman–Crippen LogP) is 3.45. The van der Waals surface area contributed by atoms with Crippen molar-refractivity contribution in [2.75, 3.05) is 19.0 Å². The number of nitro groups is 1. The third-order valence-corrected chi connectivity index (χ3v) is 4.02. The molecule has 9 nitrogen and oxygen atoms in total. The van der Waals surface area contributed by atoms with Gasteiger partial charge < -0.3 is 14.8 Å². The molecule has 0 fully saturated rings. The van der Waals surface area contributed by atoms with E-state index < -0.39 is 16.8 Å². The van der Waals surface area contributed by atoms with E-state index in [4.69, 9.17) is 4.74 Å². The van der Waals surface area contributed by atoms with Gasteiger partial charge in [0, 0.05) is 27.9 Å². The predicted molar refractivity (Wildman–Crippen MR) is 107 cm³/mol. The minimum absolute atomic E-state index is 0.168. The van der Waals surface area contributed by atoms with Gasteiger partial charge in [0.15, 0.2) is 6.61 Å². The lowest BCUT2D eigenvalue weighted by Gasteiger charge is -2.09. The van der Waals surface area contributed by atoms with Crippen LogP contribution >= 0.6 is 15.9 Å². The number of hydrogen-bond donors (Lipinski definition) is 1. The maximum atomic E-state index is 12.4. The summed E-state index contributed by atoms with van der Waals surface area (Å²) >= 11 is 3.29. The van der Waals surface area contributed by atoms with Crippen LogP contribution in [0.2, 0.25) is 0 Å². The van der Waals surface area contributed by atoms with Crippen LogP contribution in [-0.2, 0) is 14.3 Å². The number of rotatable bonds is 7. The zero-order valence-corrected chi connectivity index (χ0v) is 16.6. The molecule has 2 aromatic carbocycles. The van der Waals surface area contributed by atoms with Gasteiger partial charge in [0.1, 0.15) is 17.4 Å². The van der Waals surface area contributed by atoms with E-state index in [2.05, 4.69) is 26.0 Å². The molecule has 2 aromatic rings. The summed E-state index contributed by atoms with van der Waals surface area (Å²) in [7, 11) is 1.22. The van der Waals surface area contributed by atoms with Gasteiger partial charge in [0.25, 0.3) is 11.6 Å². The maximum Gasteiger partial charge on any atom is 0.343 e. The average Bonchev–Trinajstić information content (AvgIpc) is 2.71. The van der Waals surface area contributed by atoms with Crippen molar-refractivity contribution >= 4 is 45.3 Å². The number of amides is 1. The lowest BCUT2D eigenvalue weighted by atomic mass is 10.1. The third-order valence-electron chi connectivity index (χ3n) is 3.52. The molecule has 0 radical (unpaired) electrons. The van der Waals surface area contributed by atoms with Crippen LogP contribution in [0.15, 0.2) is 52.5 Å². The van der Waals surface area contributed by atoms with E-state index in [1.54, 1.807) is 24.3 Å². The number of carbonyl (C=O) groups excluding carboxylic acids is 2. The summed E-state index contributed by atoms with van der Waals surface area (Å²) in [5.74, 6) is -1.09. The molecule has 0 saturated carbocycles. The molecule has 0 atom stereocenters. The molecule has 0 saturated heterocycles. The van der Waals surface area contributed by atoms with Gasteiger partial charge in [-0.2, -0.15) is 5.26 Å². The van der Waals surface area contributed by atoms with E-state index in [-0.39, 0.29) is 29.3 Å². The SMILES string of the molecule is COC(=O)COc1ccc(Br)cc1/C=C(\C#N)C(=O)Nc1cccc([N+](=O)[O-])c1. The highest BCUT2D eigenvalue weighted by Crippen LogP contribution is 2.26. The molecule has 0 unspecified atom stereocenters. The highest BCUT2D eigenvalue weighted by atomic mass is 79.9. The zero-order valence-electron chi connectivity index (χ0n) is 15.0. The summed E-state index contributed by atoms with van der Waals surface area (Å²) in [6.07, 6.45) is 1.28. The van der Waals surface area contributed by atoms with Crippen molar-refractivity contribution in [3.05, 3.63) is 68.2 Å². The topological polar surface area (TPSA) is 132 Å². The second-order valence-electron chi connectivity index (χ2n) is 5.48. The van der Waals surface area contributed by atoms with Gasteiger partial charge in [-0.3, -0.25) is 14.9 Å². The quantitative estimate of drug-likeness (QED) is 0.220. The van der Waals surface area contributed by atoms with Crippen LogP contribution in [0.4, 0.5) is 11.4 Å². The minimum atomic E-state index is -0.758. The Morgan fingerprint density at radius 1 is 1.31 bits per heavy atom. The maximum absolute atomic E-state index is 12.4. The highest BCUT2D eigenvalue weighted by Gasteiger charge is 2.14. The van der Waals surface area contributed by atoms with Gasteiger partial charge in [0.05, 0.1) is 12.0 Å². The Bertz CT molecular complexity index is 1030. The van der Waals surface area contributed by atoms with E-state index in [0.717, 1.165) is 0 Å². The number of ether oxygens (including phenoxy) is 2. The molecule has 1 N–H and O–H groups in total. The van der Waals surface area contributed by atoms with Crippen molar-refractivity contribution in [3.63, 3.8) is 0 Å². The van der Waals surface area contributed by atoms with Crippen LogP contribution in [0, 0.1) is 21.4 Å². The molecule has 0 spiro atoms. The summed E-state index contributed by atoms with van der Waals surface area (Å²) < 4.78 is 10.5. The van der Waals surface area contributed by atoms with Gasteiger partial charge in [-0.1, -0.05) is 22.0 Å². The Labute approximate surface area is 173 Å². The molecular formula is C19H14BrN3O6. The molecule has 10 heteroatoms. The first-order chi connectivity index (χ1) is 13.8. The van der Waals surface area contributed by atoms with Crippen molar-refractivity contribution in [2.24, 2.45) is 0 Å². The first-order valence-electron chi connectivity index (χ1n) is 8.01. The fourth-order valence-corrected chi connectivity index (χ4v) is 2.54. The lowest BCUT2D eigenvalue weighted by molar-refractivity contribution is -0.384. The number of esters is 1. The van der Waals surface area contributed by atoms with Crippen LogP contribution < -0.4 is 10.1 Å². The first kappa shape index (κ1) is 21.6. The number of anilines is 1. The monoisotopic (exact) mass is 459 g/mol. The fraction of sp³-hybridized carbons (Fsp3) is 0.105. The molecule has 2 rings (SSSR count). The smallest absolute Gasteiger partial charge is 0.343 e. The van der Waals surface area contributed by atoms with Crippen LogP contribution in [0.5, 0.6) is 5.75 Å². The molecule has 29 heavy (non-hydrogen) atoms. The summed E-state index contributed by atoms with van der Waals surface area (Å²) in [5.41, 5.74) is 0.0732. The summed E-state index contributed by atoms with van der Waals surface area (Å²) in [4.78, 5) is 34.0. The van der Waals surface area contributed by atoms with Crippen molar-refractivity contribution < 1.29 is 24.0 Å². The van der Waals surface area contributed by atoms with E-state index in [1.165, 1.54) is 37.5 Å². The summed E-state index contributed by atoms with van der Waals surface area (Å²) in [6, 6.07) is 11.9. The molecule has 0 aromatic heterocycles. The number of nitro benzene ring substituents is 1. The third kappa shape index (κ3) is 6.15. The molecule has 1 amide bonds. The minimum Gasteiger partial charge on any atom is -0.481 e. The lowest BCUT2D eigenvalue weighted by Crippen LogP contribution is -2.14. The Morgan fingerprint density at radius 2 is 2.07 bits per heavy atom. The highest BCUT2D eigenvalue weighted by molar-refractivity contribution is 9.10. The number of nitriles is 1. The average molecular weight is 460 g/mol.